The first-order chi connectivity index (χ1) is 12.1. The number of benzene rings is 2. The summed E-state index contributed by atoms with van der Waals surface area (Å²) in [4.78, 5) is 16.5. The Morgan fingerprint density at radius 2 is 1.72 bits per heavy atom. The zero-order chi connectivity index (χ0) is 17.8. The first-order valence-corrected chi connectivity index (χ1v) is 8.72. The number of piperazine rings is 1. The lowest BCUT2D eigenvalue weighted by Gasteiger charge is -2.36. The van der Waals surface area contributed by atoms with Crippen LogP contribution in [0.5, 0.6) is 5.75 Å². The highest BCUT2D eigenvalue weighted by Gasteiger charge is 2.22. The molecule has 2 aromatic rings. The Labute approximate surface area is 157 Å². The molecule has 1 aliphatic rings. The van der Waals surface area contributed by atoms with Crippen LogP contribution in [0.2, 0.25) is 10.0 Å². The number of amides is 2. The zero-order valence-corrected chi connectivity index (χ0v) is 15.3. The molecule has 2 aromatic carbocycles. The number of hydrogen-bond donors (Lipinski definition) is 1. The van der Waals surface area contributed by atoms with Crippen molar-refractivity contribution in [2.24, 2.45) is 0 Å². The number of rotatable bonds is 3. The van der Waals surface area contributed by atoms with Crippen LogP contribution < -0.4 is 15.0 Å². The van der Waals surface area contributed by atoms with E-state index in [9.17, 15) is 4.79 Å². The van der Waals surface area contributed by atoms with Crippen molar-refractivity contribution in [1.29, 1.82) is 0 Å². The number of hydrogen-bond acceptors (Lipinski definition) is 3. The molecule has 5 nitrogen and oxygen atoms in total. The van der Waals surface area contributed by atoms with Crippen LogP contribution in [-0.2, 0) is 0 Å². The normalized spacial score (nSPS) is 14.4. The summed E-state index contributed by atoms with van der Waals surface area (Å²) in [6, 6.07) is 12.8. The maximum atomic E-state index is 12.4. The fraction of sp³-hybridized carbons (Fsp3) is 0.278. The van der Waals surface area contributed by atoms with Gasteiger partial charge in [-0.2, -0.15) is 0 Å². The van der Waals surface area contributed by atoms with Gasteiger partial charge in [-0.3, -0.25) is 0 Å². The molecule has 0 atom stereocenters. The van der Waals surface area contributed by atoms with Crippen molar-refractivity contribution >= 4 is 40.6 Å². The van der Waals surface area contributed by atoms with Crippen molar-refractivity contribution in [3.8, 4) is 5.75 Å². The molecule has 3 rings (SSSR count). The van der Waals surface area contributed by atoms with E-state index in [4.69, 9.17) is 27.9 Å². The number of carbonyl (C=O) groups is 1. The summed E-state index contributed by atoms with van der Waals surface area (Å²) in [6.45, 7) is 2.80. The molecule has 0 bridgehead atoms. The van der Waals surface area contributed by atoms with E-state index in [0.29, 0.717) is 28.8 Å². The summed E-state index contributed by atoms with van der Waals surface area (Å²) in [5.41, 5.74) is 1.65. The summed E-state index contributed by atoms with van der Waals surface area (Å²) in [7, 11) is 1.65. The molecule has 0 radical (unpaired) electrons. The largest absolute Gasteiger partial charge is 0.497 e. The molecular formula is C18H19Cl2N3O2. The van der Waals surface area contributed by atoms with E-state index in [1.54, 1.807) is 30.2 Å². The van der Waals surface area contributed by atoms with Crippen molar-refractivity contribution in [3.63, 3.8) is 0 Å². The molecule has 0 aromatic heterocycles. The van der Waals surface area contributed by atoms with Gasteiger partial charge in [-0.15, -0.1) is 0 Å². The van der Waals surface area contributed by atoms with Crippen LogP contribution in [0.15, 0.2) is 42.5 Å². The number of halogens is 2. The van der Waals surface area contributed by atoms with Crippen molar-refractivity contribution in [2.45, 2.75) is 0 Å². The fourth-order valence-electron chi connectivity index (χ4n) is 2.75. The zero-order valence-electron chi connectivity index (χ0n) is 13.8. The molecule has 0 spiro atoms. The second-order valence-corrected chi connectivity index (χ2v) is 6.57. The van der Waals surface area contributed by atoms with E-state index < -0.39 is 0 Å². The van der Waals surface area contributed by atoms with Crippen LogP contribution >= 0.6 is 23.2 Å². The third kappa shape index (κ3) is 4.30. The van der Waals surface area contributed by atoms with Crippen molar-refractivity contribution < 1.29 is 9.53 Å². The Bertz CT molecular complexity index is 744. The van der Waals surface area contributed by atoms with Gasteiger partial charge in [0.2, 0.25) is 0 Å². The predicted octanol–water partition coefficient (Wildman–Crippen LogP) is 4.36. The molecule has 7 heteroatoms. The Morgan fingerprint density at radius 1 is 1.04 bits per heavy atom. The highest BCUT2D eigenvalue weighted by molar-refractivity contribution is 6.35. The molecular weight excluding hydrogens is 361 g/mol. The Hall–Kier alpha value is -2.11. The standard InChI is InChI=1S/C18H19Cl2N3O2/c1-25-15-5-3-14(4-6-15)22-8-10-23(11-9-22)18(24)21-17-12-13(19)2-7-16(17)20/h2-7,12H,8-11H2,1H3,(H,21,24). The fourth-order valence-corrected chi connectivity index (χ4v) is 3.09. The van der Waals surface area contributed by atoms with Gasteiger partial charge in [0.25, 0.3) is 0 Å². The molecule has 0 aliphatic carbocycles. The van der Waals surface area contributed by atoms with Crippen molar-refractivity contribution in [1.82, 2.24) is 4.90 Å². The van der Waals surface area contributed by atoms with Gasteiger partial charge in [0.15, 0.2) is 0 Å². The molecule has 1 heterocycles. The maximum Gasteiger partial charge on any atom is 0.322 e. The van der Waals surface area contributed by atoms with Crippen molar-refractivity contribution in [2.75, 3.05) is 43.5 Å². The molecule has 1 saturated heterocycles. The number of carbonyl (C=O) groups excluding carboxylic acids is 1. The molecule has 25 heavy (non-hydrogen) atoms. The molecule has 0 unspecified atom stereocenters. The minimum Gasteiger partial charge on any atom is -0.497 e. The minimum atomic E-state index is -0.168. The van der Waals surface area contributed by atoms with Gasteiger partial charge in [-0.1, -0.05) is 23.2 Å². The number of nitrogens with one attached hydrogen (secondary N) is 1. The Balaban J connectivity index is 1.57. The topological polar surface area (TPSA) is 44.8 Å². The lowest BCUT2D eigenvalue weighted by molar-refractivity contribution is 0.208. The average Bonchev–Trinajstić information content (AvgIpc) is 2.65. The Morgan fingerprint density at radius 3 is 2.36 bits per heavy atom. The predicted molar refractivity (Wildman–Crippen MR) is 102 cm³/mol. The van der Waals surface area contributed by atoms with Gasteiger partial charge < -0.3 is 19.9 Å². The minimum absolute atomic E-state index is 0.168. The molecule has 1 aliphatic heterocycles. The van der Waals surface area contributed by atoms with Crippen LogP contribution in [-0.4, -0.2) is 44.2 Å². The number of nitrogens with zero attached hydrogens (tertiary/aromatic N) is 2. The molecule has 2 amide bonds. The first-order valence-electron chi connectivity index (χ1n) is 7.97. The summed E-state index contributed by atoms with van der Waals surface area (Å²) < 4.78 is 5.18. The summed E-state index contributed by atoms with van der Waals surface area (Å²) in [5, 5.41) is 3.82. The summed E-state index contributed by atoms with van der Waals surface area (Å²) >= 11 is 12.1. The highest BCUT2D eigenvalue weighted by Crippen LogP contribution is 2.26. The van der Waals surface area contributed by atoms with E-state index in [1.165, 1.54) is 0 Å². The van der Waals surface area contributed by atoms with Gasteiger partial charge in [0.1, 0.15) is 5.75 Å². The SMILES string of the molecule is COc1ccc(N2CCN(C(=O)Nc3cc(Cl)ccc3Cl)CC2)cc1. The molecule has 0 saturated carbocycles. The third-order valence-electron chi connectivity index (χ3n) is 4.17. The average molecular weight is 380 g/mol. The van der Waals surface area contributed by atoms with E-state index >= 15 is 0 Å². The number of methoxy groups -OCH3 is 1. The highest BCUT2D eigenvalue weighted by atomic mass is 35.5. The third-order valence-corrected chi connectivity index (χ3v) is 4.74. The van der Waals surface area contributed by atoms with Crippen LogP contribution in [0, 0.1) is 0 Å². The van der Waals surface area contributed by atoms with Gasteiger partial charge >= 0.3 is 6.03 Å². The molecule has 132 valence electrons. The van der Waals surface area contributed by atoms with Gasteiger partial charge in [-0.25, -0.2) is 4.79 Å². The number of ether oxygens (including phenoxy) is 1. The van der Waals surface area contributed by atoms with E-state index in [0.717, 1.165) is 24.5 Å². The lowest BCUT2D eigenvalue weighted by Crippen LogP contribution is -2.50. The van der Waals surface area contributed by atoms with Crippen LogP contribution in [0.3, 0.4) is 0 Å². The van der Waals surface area contributed by atoms with Crippen LogP contribution in [0.4, 0.5) is 16.2 Å². The van der Waals surface area contributed by atoms with Crippen LogP contribution in [0.1, 0.15) is 0 Å². The quantitative estimate of drug-likeness (QED) is 0.861. The van der Waals surface area contributed by atoms with Crippen LogP contribution in [0.25, 0.3) is 0 Å². The molecule has 1 fully saturated rings. The monoisotopic (exact) mass is 379 g/mol. The van der Waals surface area contributed by atoms with E-state index in [-0.39, 0.29) is 6.03 Å². The number of anilines is 2. The summed E-state index contributed by atoms with van der Waals surface area (Å²) in [6.07, 6.45) is 0. The maximum absolute atomic E-state index is 12.4. The van der Waals surface area contributed by atoms with Gasteiger partial charge in [0, 0.05) is 36.9 Å². The van der Waals surface area contributed by atoms with Gasteiger partial charge in [0.05, 0.1) is 17.8 Å². The van der Waals surface area contributed by atoms with E-state index in [1.807, 2.05) is 24.3 Å². The smallest absolute Gasteiger partial charge is 0.322 e. The first kappa shape index (κ1) is 17.7. The lowest BCUT2D eigenvalue weighted by atomic mass is 10.2. The molecule has 1 N–H and O–H groups in total. The second-order valence-electron chi connectivity index (χ2n) is 5.73. The van der Waals surface area contributed by atoms with Crippen molar-refractivity contribution in [3.05, 3.63) is 52.5 Å². The summed E-state index contributed by atoms with van der Waals surface area (Å²) in [5.74, 6) is 0.833. The second kappa shape index (κ2) is 7.85. The van der Waals surface area contributed by atoms with E-state index in [2.05, 4.69) is 10.2 Å². The Kier molecular flexibility index (Phi) is 5.56. The van der Waals surface area contributed by atoms with Gasteiger partial charge in [-0.05, 0) is 42.5 Å². The number of urea groups is 1.